The molecule has 0 saturated heterocycles. The van der Waals surface area contributed by atoms with Crippen molar-refractivity contribution < 1.29 is 0 Å². The maximum atomic E-state index is 5.81. The average molecular weight is 359 g/mol. The van der Waals surface area contributed by atoms with Crippen molar-refractivity contribution in [1.82, 2.24) is 0 Å². The predicted molar refractivity (Wildman–Crippen MR) is 93.2 cm³/mol. The van der Waals surface area contributed by atoms with Crippen LogP contribution in [-0.2, 0) is 0 Å². The van der Waals surface area contributed by atoms with E-state index in [0.717, 1.165) is 15.7 Å². The molecule has 0 bridgehead atoms. The Morgan fingerprint density at radius 2 is 2.16 bits per heavy atom. The first-order valence-electron chi connectivity index (χ1n) is 6.50. The van der Waals surface area contributed by atoms with Gasteiger partial charge in [-0.2, -0.15) is 11.8 Å². The van der Waals surface area contributed by atoms with Gasteiger partial charge >= 0.3 is 0 Å². The third kappa shape index (κ3) is 3.86. The van der Waals surface area contributed by atoms with Gasteiger partial charge in [0.2, 0.25) is 0 Å². The highest BCUT2D eigenvalue weighted by atomic mass is 79.9. The monoisotopic (exact) mass is 358 g/mol. The number of halogens is 1. The molecule has 104 valence electrons. The quantitative estimate of drug-likeness (QED) is 0.792. The van der Waals surface area contributed by atoms with Crippen LogP contribution in [-0.4, -0.2) is 22.5 Å². The number of thiocarbonyl (C=S) groups is 1. The van der Waals surface area contributed by atoms with E-state index in [1.165, 1.54) is 25.7 Å². The minimum Gasteiger partial charge on any atom is -0.389 e. The Bertz CT molecular complexity index is 465. The summed E-state index contributed by atoms with van der Waals surface area (Å²) >= 11 is 10.6. The fourth-order valence-electron chi connectivity index (χ4n) is 2.59. The normalized spacial score (nSPS) is 23.1. The molecule has 2 rings (SSSR count). The summed E-state index contributed by atoms with van der Waals surface area (Å²) in [6.45, 7) is 0. The number of thioether (sulfide) groups is 1. The van der Waals surface area contributed by atoms with E-state index in [9.17, 15) is 0 Å². The van der Waals surface area contributed by atoms with Crippen LogP contribution in [0.25, 0.3) is 0 Å². The number of hydrogen-bond acceptors (Lipinski definition) is 3. The van der Waals surface area contributed by atoms with Crippen LogP contribution in [0, 0.1) is 0 Å². The van der Waals surface area contributed by atoms with Crippen LogP contribution in [0.15, 0.2) is 22.7 Å². The van der Waals surface area contributed by atoms with Gasteiger partial charge in [0.25, 0.3) is 0 Å². The Labute approximate surface area is 133 Å². The molecule has 1 aliphatic carbocycles. The number of nitrogens with two attached hydrogens (primary N) is 1. The standard InChI is InChI=1S/C14H19BrN2S2/c1-19-13-5-3-2-4-11(13)17-12-8-9(15)6-7-10(12)14(16)18/h6-8,11,13,17H,2-5H2,1H3,(H2,16,18). The molecule has 0 heterocycles. The lowest BCUT2D eigenvalue weighted by Gasteiger charge is -2.32. The summed E-state index contributed by atoms with van der Waals surface area (Å²) in [6, 6.07) is 6.53. The molecular formula is C14H19BrN2S2. The van der Waals surface area contributed by atoms with E-state index in [4.69, 9.17) is 18.0 Å². The Balaban J connectivity index is 2.21. The molecule has 2 unspecified atom stereocenters. The molecule has 1 fully saturated rings. The summed E-state index contributed by atoms with van der Waals surface area (Å²) in [7, 11) is 0. The predicted octanol–water partition coefficient (Wildman–Crippen LogP) is 4.17. The molecule has 0 spiro atoms. The summed E-state index contributed by atoms with van der Waals surface area (Å²) in [6.07, 6.45) is 7.33. The van der Waals surface area contributed by atoms with Gasteiger partial charge in [-0.15, -0.1) is 0 Å². The van der Waals surface area contributed by atoms with Crippen LogP contribution in [0.2, 0.25) is 0 Å². The smallest absolute Gasteiger partial charge is 0.106 e. The van der Waals surface area contributed by atoms with E-state index in [0.29, 0.717) is 16.3 Å². The van der Waals surface area contributed by atoms with E-state index in [-0.39, 0.29) is 0 Å². The Morgan fingerprint density at radius 1 is 1.42 bits per heavy atom. The molecule has 0 radical (unpaired) electrons. The van der Waals surface area contributed by atoms with Crippen molar-refractivity contribution in [3.05, 3.63) is 28.2 Å². The lowest BCUT2D eigenvalue weighted by Crippen LogP contribution is -2.35. The van der Waals surface area contributed by atoms with Crippen molar-refractivity contribution in [3.63, 3.8) is 0 Å². The Morgan fingerprint density at radius 3 is 2.84 bits per heavy atom. The van der Waals surface area contributed by atoms with Gasteiger partial charge in [0, 0.05) is 27.0 Å². The summed E-state index contributed by atoms with van der Waals surface area (Å²) < 4.78 is 1.05. The van der Waals surface area contributed by atoms with Crippen molar-refractivity contribution in [2.45, 2.75) is 37.0 Å². The molecular weight excluding hydrogens is 340 g/mol. The zero-order valence-electron chi connectivity index (χ0n) is 11.0. The van der Waals surface area contributed by atoms with Crippen LogP contribution in [0.3, 0.4) is 0 Å². The van der Waals surface area contributed by atoms with Gasteiger partial charge in [-0.25, -0.2) is 0 Å². The molecule has 0 aromatic heterocycles. The summed E-state index contributed by atoms with van der Waals surface area (Å²) in [5.41, 5.74) is 7.79. The van der Waals surface area contributed by atoms with Crippen LogP contribution in [0.5, 0.6) is 0 Å². The first-order valence-corrected chi connectivity index (χ1v) is 8.99. The lowest BCUT2D eigenvalue weighted by molar-refractivity contribution is 0.475. The van der Waals surface area contributed by atoms with Gasteiger partial charge in [0.15, 0.2) is 0 Å². The molecule has 1 saturated carbocycles. The maximum Gasteiger partial charge on any atom is 0.106 e. The third-order valence-corrected chi connectivity index (χ3v) is 5.48. The second-order valence-corrected chi connectivity index (χ2v) is 7.30. The zero-order valence-corrected chi connectivity index (χ0v) is 14.2. The van der Waals surface area contributed by atoms with E-state index in [2.05, 4.69) is 33.6 Å². The number of anilines is 1. The number of nitrogens with one attached hydrogen (secondary N) is 1. The van der Waals surface area contributed by atoms with Gasteiger partial charge in [-0.1, -0.05) is 41.0 Å². The van der Waals surface area contributed by atoms with E-state index in [1.807, 2.05) is 23.9 Å². The average Bonchev–Trinajstić information content (AvgIpc) is 2.39. The fourth-order valence-corrected chi connectivity index (χ4v) is 4.07. The second-order valence-electron chi connectivity index (χ2n) is 4.86. The molecule has 3 N–H and O–H groups in total. The summed E-state index contributed by atoms with van der Waals surface area (Å²) in [4.78, 5) is 0.450. The van der Waals surface area contributed by atoms with Crippen LogP contribution in [0.4, 0.5) is 5.69 Å². The van der Waals surface area contributed by atoms with Gasteiger partial charge in [-0.05, 0) is 37.3 Å². The molecule has 2 atom stereocenters. The molecule has 0 aliphatic heterocycles. The Kier molecular flexibility index (Phi) is 5.54. The third-order valence-electron chi connectivity index (χ3n) is 3.59. The number of hydrogen-bond donors (Lipinski definition) is 2. The second kappa shape index (κ2) is 6.95. The molecule has 1 aromatic carbocycles. The van der Waals surface area contributed by atoms with Crippen molar-refractivity contribution in [2.24, 2.45) is 5.73 Å². The number of benzene rings is 1. The van der Waals surface area contributed by atoms with E-state index in [1.54, 1.807) is 0 Å². The summed E-state index contributed by atoms with van der Waals surface area (Å²) in [5.74, 6) is 0. The van der Waals surface area contributed by atoms with Crippen molar-refractivity contribution in [2.75, 3.05) is 11.6 Å². The Hall–Kier alpha value is -0.260. The topological polar surface area (TPSA) is 38.0 Å². The summed E-state index contributed by atoms with van der Waals surface area (Å²) in [5, 5.41) is 4.33. The van der Waals surface area contributed by atoms with Gasteiger partial charge in [0.05, 0.1) is 0 Å². The first-order chi connectivity index (χ1) is 9.11. The van der Waals surface area contributed by atoms with E-state index >= 15 is 0 Å². The molecule has 1 aromatic rings. The van der Waals surface area contributed by atoms with Crippen molar-refractivity contribution in [3.8, 4) is 0 Å². The van der Waals surface area contributed by atoms with Crippen molar-refractivity contribution in [1.29, 1.82) is 0 Å². The molecule has 19 heavy (non-hydrogen) atoms. The highest BCUT2D eigenvalue weighted by Gasteiger charge is 2.24. The van der Waals surface area contributed by atoms with Gasteiger partial charge < -0.3 is 11.1 Å². The van der Waals surface area contributed by atoms with Gasteiger partial charge in [0.1, 0.15) is 4.99 Å². The van der Waals surface area contributed by atoms with E-state index < -0.39 is 0 Å². The molecule has 1 aliphatic rings. The fraction of sp³-hybridized carbons (Fsp3) is 0.500. The van der Waals surface area contributed by atoms with Crippen LogP contribution < -0.4 is 11.1 Å². The largest absolute Gasteiger partial charge is 0.389 e. The highest BCUT2D eigenvalue weighted by molar-refractivity contribution is 9.10. The molecule has 2 nitrogen and oxygen atoms in total. The minimum absolute atomic E-state index is 0.450. The minimum atomic E-state index is 0.450. The van der Waals surface area contributed by atoms with Crippen LogP contribution >= 0.6 is 39.9 Å². The van der Waals surface area contributed by atoms with Gasteiger partial charge in [-0.3, -0.25) is 0 Å². The lowest BCUT2D eigenvalue weighted by atomic mass is 9.94. The first kappa shape index (κ1) is 15.1. The maximum absolute atomic E-state index is 5.81. The molecule has 5 heteroatoms. The van der Waals surface area contributed by atoms with Crippen LogP contribution in [0.1, 0.15) is 31.2 Å². The van der Waals surface area contributed by atoms with Crippen molar-refractivity contribution >= 4 is 50.6 Å². The zero-order chi connectivity index (χ0) is 13.8. The highest BCUT2D eigenvalue weighted by Crippen LogP contribution is 2.31. The SMILES string of the molecule is CSC1CCCCC1Nc1cc(Br)ccc1C(N)=S. The number of rotatable bonds is 4. The molecule has 0 amide bonds.